The first-order chi connectivity index (χ1) is 13.3. The highest BCUT2D eigenvalue weighted by Gasteiger charge is 2.17. The van der Waals surface area contributed by atoms with Gasteiger partial charge in [0.05, 0.1) is 17.1 Å². The summed E-state index contributed by atoms with van der Waals surface area (Å²) in [5.74, 6) is 1.81. The second kappa shape index (κ2) is 7.67. The minimum absolute atomic E-state index is 0.180. The molecule has 3 nitrogen and oxygen atoms in total. The average Bonchev–Trinajstić information content (AvgIpc) is 3.11. The number of nitrogens with zero attached hydrogens (tertiary/aromatic N) is 2. The van der Waals surface area contributed by atoms with E-state index in [0.717, 1.165) is 29.0 Å². The Labute approximate surface area is 160 Å². The van der Waals surface area contributed by atoms with Crippen molar-refractivity contribution >= 4 is 11.0 Å². The molecule has 3 aromatic carbocycles. The Morgan fingerprint density at radius 1 is 0.889 bits per heavy atom. The highest BCUT2D eigenvalue weighted by Crippen LogP contribution is 2.27. The molecule has 0 saturated heterocycles. The minimum atomic E-state index is 0.180. The number of imidazole rings is 1. The predicted octanol–water partition coefficient (Wildman–Crippen LogP) is 5.79. The molecule has 0 spiro atoms. The number of rotatable bonds is 6. The van der Waals surface area contributed by atoms with Crippen LogP contribution < -0.4 is 4.74 Å². The third-order valence-corrected chi connectivity index (χ3v) is 5.04. The Morgan fingerprint density at radius 3 is 2.33 bits per heavy atom. The molecule has 3 heteroatoms. The molecule has 0 fully saturated rings. The van der Waals surface area contributed by atoms with Crippen LogP contribution in [0.2, 0.25) is 0 Å². The van der Waals surface area contributed by atoms with E-state index in [2.05, 4.69) is 73.0 Å². The number of ether oxygens (including phenoxy) is 1. The molecule has 0 bridgehead atoms. The molecular formula is C24H24N2O. The molecule has 4 aromatic rings. The molecule has 0 amide bonds. The lowest BCUT2D eigenvalue weighted by Gasteiger charge is -2.18. The van der Waals surface area contributed by atoms with Crippen LogP contribution in [0, 0.1) is 0 Å². The van der Waals surface area contributed by atoms with Crippen molar-refractivity contribution < 1.29 is 4.74 Å². The monoisotopic (exact) mass is 356 g/mol. The summed E-state index contributed by atoms with van der Waals surface area (Å²) in [6, 6.07) is 27.3. The fraction of sp³-hybridized carbons (Fsp3) is 0.208. The lowest BCUT2D eigenvalue weighted by molar-refractivity contribution is 0.288. The van der Waals surface area contributed by atoms with Gasteiger partial charge < -0.3 is 9.30 Å². The van der Waals surface area contributed by atoms with Crippen molar-refractivity contribution in [2.75, 3.05) is 0 Å². The second-order valence-corrected chi connectivity index (χ2v) is 6.76. The summed E-state index contributed by atoms with van der Waals surface area (Å²) < 4.78 is 8.35. The molecule has 0 N–H and O–H groups in total. The van der Waals surface area contributed by atoms with Crippen molar-refractivity contribution in [2.45, 2.75) is 32.9 Å². The predicted molar refractivity (Wildman–Crippen MR) is 110 cm³/mol. The van der Waals surface area contributed by atoms with Crippen molar-refractivity contribution in [3.63, 3.8) is 0 Å². The van der Waals surface area contributed by atoms with Crippen molar-refractivity contribution in [1.82, 2.24) is 9.55 Å². The smallest absolute Gasteiger partial charge is 0.148 e. The lowest BCUT2D eigenvalue weighted by Crippen LogP contribution is -2.12. The maximum atomic E-state index is 6.06. The van der Waals surface area contributed by atoms with Gasteiger partial charge in [-0.1, -0.05) is 61.5 Å². The topological polar surface area (TPSA) is 27.1 Å². The summed E-state index contributed by atoms with van der Waals surface area (Å²) in [6.07, 6.45) is 1.03. The Morgan fingerprint density at radius 2 is 1.59 bits per heavy atom. The molecule has 1 atom stereocenters. The zero-order valence-electron chi connectivity index (χ0n) is 15.8. The summed E-state index contributed by atoms with van der Waals surface area (Å²) >= 11 is 0. The van der Waals surface area contributed by atoms with E-state index < -0.39 is 0 Å². The molecule has 1 heterocycles. The molecule has 0 aliphatic rings. The van der Waals surface area contributed by atoms with E-state index in [4.69, 9.17) is 9.72 Å². The van der Waals surface area contributed by atoms with Crippen molar-refractivity contribution in [3.05, 3.63) is 95.8 Å². The highest BCUT2D eigenvalue weighted by molar-refractivity contribution is 5.76. The fourth-order valence-electron chi connectivity index (χ4n) is 3.48. The third-order valence-electron chi connectivity index (χ3n) is 5.04. The Kier molecular flexibility index (Phi) is 4.93. The van der Waals surface area contributed by atoms with Gasteiger partial charge in [0.15, 0.2) is 0 Å². The van der Waals surface area contributed by atoms with Crippen LogP contribution in [0.1, 0.15) is 36.8 Å². The van der Waals surface area contributed by atoms with E-state index in [-0.39, 0.29) is 6.04 Å². The van der Waals surface area contributed by atoms with E-state index in [0.29, 0.717) is 6.61 Å². The molecule has 0 saturated carbocycles. The Balaban J connectivity index is 1.67. The van der Waals surface area contributed by atoms with Gasteiger partial charge in [0, 0.05) is 0 Å². The van der Waals surface area contributed by atoms with Gasteiger partial charge in [-0.05, 0) is 48.7 Å². The maximum Gasteiger partial charge on any atom is 0.148 e. The number of aromatic nitrogens is 2. The highest BCUT2D eigenvalue weighted by atomic mass is 16.5. The quantitative estimate of drug-likeness (QED) is 0.437. The van der Waals surface area contributed by atoms with Crippen LogP contribution in [0.3, 0.4) is 0 Å². The standard InChI is InChI=1S/C24H24N2O/c1-3-19-13-15-21(16-14-19)27-17-24-25-22-11-7-8-12-23(22)26(24)18(2)20-9-5-4-6-10-20/h4-16,18H,3,17H2,1-2H3. The average molecular weight is 356 g/mol. The zero-order chi connectivity index (χ0) is 18.6. The molecule has 0 radical (unpaired) electrons. The van der Waals surface area contributed by atoms with Crippen molar-refractivity contribution in [3.8, 4) is 5.75 Å². The number of para-hydroxylation sites is 2. The summed E-state index contributed by atoms with van der Waals surface area (Å²) in [6.45, 7) is 4.81. The van der Waals surface area contributed by atoms with Gasteiger partial charge in [0.1, 0.15) is 18.2 Å². The normalized spacial score (nSPS) is 12.2. The van der Waals surface area contributed by atoms with E-state index in [1.54, 1.807) is 0 Å². The van der Waals surface area contributed by atoms with E-state index in [1.165, 1.54) is 11.1 Å². The third kappa shape index (κ3) is 3.59. The Bertz CT molecular complexity index is 1020. The van der Waals surface area contributed by atoms with Gasteiger partial charge in [-0.25, -0.2) is 4.98 Å². The van der Waals surface area contributed by atoms with Gasteiger partial charge in [0.2, 0.25) is 0 Å². The van der Waals surface area contributed by atoms with Gasteiger partial charge in [-0.3, -0.25) is 0 Å². The van der Waals surface area contributed by atoms with E-state index in [1.807, 2.05) is 24.3 Å². The summed E-state index contributed by atoms with van der Waals surface area (Å²) in [4.78, 5) is 4.85. The Hall–Kier alpha value is -3.07. The number of hydrogen-bond donors (Lipinski definition) is 0. The molecule has 1 unspecified atom stereocenters. The van der Waals surface area contributed by atoms with E-state index in [9.17, 15) is 0 Å². The van der Waals surface area contributed by atoms with E-state index >= 15 is 0 Å². The second-order valence-electron chi connectivity index (χ2n) is 6.76. The van der Waals surface area contributed by atoms with Gasteiger partial charge >= 0.3 is 0 Å². The fourth-order valence-corrected chi connectivity index (χ4v) is 3.48. The number of benzene rings is 3. The zero-order valence-corrected chi connectivity index (χ0v) is 15.8. The molecule has 136 valence electrons. The lowest BCUT2D eigenvalue weighted by atomic mass is 10.1. The molecule has 0 aliphatic carbocycles. The van der Waals surface area contributed by atoms with Crippen LogP contribution >= 0.6 is 0 Å². The van der Waals surface area contributed by atoms with Crippen molar-refractivity contribution in [1.29, 1.82) is 0 Å². The number of hydrogen-bond acceptors (Lipinski definition) is 2. The van der Waals surface area contributed by atoms with Crippen LogP contribution in [0.25, 0.3) is 11.0 Å². The van der Waals surface area contributed by atoms with Crippen molar-refractivity contribution in [2.24, 2.45) is 0 Å². The molecular weight excluding hydrogens is 332 g/mol. The summed E-state index contributed by atoms with van der Waals surface area (Å²) in [7, 11) is 0. The summed E-state index contributed by atoms with van der Waals surface area (Å²) in [5.41, 5.74) is 4.70. The SMILES string of the molecule is CCc1ccc(OCc2nc3ccccc3n2C(C)c2ccccc2)cc1. The molecule has 0 aliphatic heterocycles. The van der Waals surface area contributed by atoms with Crippen LogP contribution in [-0.4, -0.2) is 9.55 Å². The van der Waals surface area contributed by atoms with Gasteiger partial charge in [-0.15, -0.1) is 0 Å². The molecule has 4 rings (SSSR count). The molecule has 27 heavy (non-hydrogen) atoms. The first-order valence-electron chi connectivity index (χ1n) is 9.49. The first-order valence-corrected chi connectivity index (χ1v) is 9.49. The number of fused-ring (bicyclic) bond motifs is 1. The molecule has 1 aromatic heterocycles. The van der Waals surface area contributed by atoms with Crippen LogP contribution in [-0.2, 0) is 13.0 Å². The van der Waals surface area contributed by atoms with Crippen LogP contribution in [0.15, 0.2) is 78.9 Å². The first kappa shape index (κ1) is 17.3. The van der Waals surface area contributed by atoms with Gasteiger partial charge in [0.25, 0.3) is 0 Å². The summed E-state index contributed by atoms with van der Waals surface area (Å²) in [5, 5.41) is 0. The van der Waals surface area contributed by atoms with Gasteiger partial charge in [-0.2, -0.15) is 0 Å². The maximum absolute atomic E-state index is 6.06. The van der Waals surface area contributed by atoms with Crippen LogP contribution in [0.4, 0.5) is 0 Å². The number of aryl methyl sites for hydroxylation is 1. The largest absolute Gasteiger partial charge is 0.486 e. The van der Waals surface area contributed by atoms with Crippen LogP contribution in [0.5, 0.6) is 5.75 Å². The minimum Gasteiger partial charge on any atom is -0.486 e.